The standard InChI is InChI=1S/C22H26N2O/c25-16-15-23-11-13-24(14-12-23)22-10-9-17(18-5-1-3-7-20(18)22)19-6-2-4-8-21(19)22/h1-8,17,25H,9-16H2. The van der Waals surface area contributed by atoms with Crippen LogP contribution >= 0.6 is 0 Å². The van der Waals surface area contributed by atoms with E-state index < -0.39 is 0 Å². The molecule has 0 unspecified atom stereocenters. The molecule has 1 fully saturated rings. The lowest BCUT2D eigenvalue weighted by atomic mass is 9.58. The summed E-state index contributed by atoms with van der Waals surface area (Å²) in [6.45, 7) is 5.32. The molecule has 0 amide bonds. The fourth-order valence-corrected chi connectivity index (χ4v) is 5.59. The quantitative estimate of drug-likeness (QED) is 0.935. The predicted molar refractivity (Wildman–Crippen MR) is 99.8 cm³/mol. The van der Waals surface area contributed by atoms with Crippen LogP contribution < -0.4 is 0 Å². The highest BCUT2D eigenvalue weighted by molar-refractivity contribution is 5.58. The fourth-order valence-electron chi connectivity index (χ4n) is 5.59. The van der Waals surface area contributed by atoms with Gasteiger partial charge in [0.15, 0.2) is 0 Å². The number of benzene rings is 2. The molecule has 4 aliphatic rings. The van der Waals surface area contributed by atoms with E-state index in [4.69, 9.17) is 0 Å². The number of fused-ring (bicyclic) bond motifs is 1. The van der Waals surface area contributed by atoms with Crippen molar-refractivity contribution in [2.75, 3.05) is 39.3 Å². The summed E-state index contributed by atoms with van der Waals surface area (Å²) in [5.74, 6) is 0.574. The Morgan fingerprint density at radius 3 is 2.08 bits per heavy atom. The van der Waals surface area contributed by atoms with Crippen molar-refractivity contribution in [1.82, 2.24) is 9.80 Å². The van der Waals surface area contributed by atoms with E-state index in [0.717, 1.165) is 32.7 Å². The summed E-state index contributed by atoms with van der Waals surface area (Å²) < 4.78 is 0. The highest BCUT2D eigenvalue weighted by Crippen LogP contribution is 2.57. The van der Waals surface area contributed by atoms with E-state index in [1.807, 2.05) is 0 Å². The van der Waals surface area contributed by atoms with Gasteiger partial charge in [0.05, 0.1) is 12.1 Å². The number of hydrogen-bond donors (Lipinski definition) is 1. The van der Waals surface area contributed by atoms with Gasteiger partial charge in [-0.15, -0.1) is 0 Å². The molecule has 3 heteroatoms. The molecule has 2 aromatic carbocycles. The zero-order chi connectivity index (χ0) is 16.9. The van der Waals surface area contributed by atoms with Crippen LogP contribution in [0.5, 0.6) is 0 Å². The summed E-state index contributed by atoms with van der Waals surface area (Å²) in [5, 5.41) is 9.24. The minimum Gasteiger partial charge on any atom is -0.395 e. The Kier molecular flexibility index (Phi) is 3.70. The lowest BCUT2D eigenvalue weighted by Gasteiger charge is -2.56. The Bertz CT molecular complexity index is 732. The number of aliphatic hydroxyl groups excluding tert-OH is 1. The van der Waals surface area contributed by atoms with E-state index in [2.05, 4.69) is 58.3 Å². The first-order chi connectivity index (χ1) is 12.3. The largest absolute Gasteiger partial charge is 0.395 e. The van der Waals surface area contributed by atoms with Crippen molar-refractivity contribution in [3.8, 4) is 0 Å². The molecule has 6 rings (SSSR count). The molecule has 3 aliphatic carbocycles. The normalized spacial score (nSPS) is 28.6. The van der Waals surface area contributed by atoms with Gasteiger partial charge in [-0.05, 0) is 35.1 Å². The number of β-amino-alcohol motifs (C(OH)–C–C–N with tert-alkyl or cyclic N) is 1. The Morgan fingerprint density at radius 1 is 0.880 bits per heavy atom. The first-order valence-electron chi connectivity index (χ1n) is 9.61. The van der Waals surface area contributed by atoms with E-state index in [0.29, 0.717) is 5.92 Å². The van der Waals surface area contributed by atoms with Crippen molar-refractivity contribution in [1.29, 1.82) is 0 Å². The molecular weight excluding hydrogens is 308 g/mol. The minimum atomic E-state index is 0.0489. The Balaban J connectivity index is 1.61. The number of rotatable bonds is 3. The summed E-state index contributed by atoms with van der Waals surface area (Å²) >= 11 is 0. The van der Waals surface area contributed by atoms with Crippen LogP contribution in [0.1, 0.15) is 41.0 Å². The van der Waals surface area contributed by atoms with Gasteiger partial charge in [-0.1, -0.05) is 48.5 Å². The van der Waals surface area contributed by atoms with Crippen molar-refractivity contribution in [2.24, 2.45) is 0 Å². The number of hydrogen-bond acceptors (Lipinski definition) is 3. The molecule has 1 saturated heterocycles. The number of nitrogens with zero attached hydrogens (tertiary/aromatic N) is 2. The van der Waals surface area contributed by atoms with Gasteiger partial charge in [0.25, 0.3) is 0 Å². The monoisotopic (exact) mass is 334 g/mol. The highest BCUT2D eigenvalue weighted by Gasteiger charge is 2.51. The lowest BCUT2D eigenvalue weighted by molar-refractivity contribution is 0.0297. The van der Waals surface area contributed by atoms with Crippen LogP contribution in [0.2, 0.25) is 0 Å². The summed E-state index contributed by atoms with van der Waals surface area (Å²) in [5.41, 5.74) is 6.23. The van der Waals surface area contributed by atoms with Crippen LogP contribution in [0.4, 0.5) is 0 Å². The second-order valence-electron chi connectivity index (χ2n) is 7.68. The molecule has 2 aromatic rings. The van der Waals surface area contributed by atoms with Crippen molar-refractivity contribution in [3.63, 3.8) is 0 Å². The molecule has 130 valence electrons. The molecular formula is C22H26N2O. The molecule has 3 nitrogen and oxygen atoms in total. The third-order valence-corrected chi connectivity index (χ3v) is 6.69. The molecule has 0 radical (unpaired) electrons. The smallest absolute Gasteiger partial charge is 0.0722 e. The maximum Gasteiger partial charge on any atom is 0.0722 e. The van der Waals surface area contributed by atoms with Gasteiger partial charge in [-0.2, -0.15) is 0 Å². The average molecular weight is 334 g/mol. The minimum absolute atomic E-state index is 0.0489. The van der Waals surface area contributed by atoms with E-state index >= 15 is 0 Å². The first kappa shape index (κ1) is 15.6. The molecule has 2 bridgehead atoms. The SMILES string of the molecule is OCCN1CCN(C23CCC(c4ccccc42)c2ccccc23)CC1. The summed E-state index contributed by atoms with van der Waals surface area (Å²) in [6, 6.07) is 18.3. The van der Waals surface area contributed by atoms with Gasteiger partial charge in [0.2, 0.25) is 0 Å². The van der Waals surface area contributed by atoms with Crippen molar-refractivity contribution < 1.29 is 5.11 Å². The van der Waals surface area contributed by atoms with Crippen LogP contribution in [0.15, 0.2) is 48.5 Å². The Labute approximate surface area is 149 Å². The first-order valence-corrected chi connectivity index (χ1v) is 9.61. The zero-order valence-corrected chi connectivity index (χ0v) is 14.7. The van der Waals surface area contributed by atoms with Gasteiger partial charge < -0.3 is 5.11 Å². The molecule has 0 saturated carbocycles. The van der Waals surface area contributed by atoms with Gasteiger partial charge in [0.1, 0.15) is 0 Å². The second kappa shape index (κ2) is 5.94. The molecule has 0 spiro atoms. The van der Waals surface area contributed by atoms with Crippen LogP contribution in [0, 0.1) is 0 Å². The third-order valence-electron chi connectivity index (χ3n) is 6.69. The van der Waals surface area contributed by atoms with E-state index in [1.54, 1.807) is 22.3 Å². The van der Waals surface area contributed by atoms with Crippen LogP contribution in [0.25, 0.3) is 0 Å². The van der Waals surface area contributed by atoms with Gasteiger partial charge in [-0.3, -0.25) is 9.80 Å². The predicted octanol–water partition coefficient (Wildman–Crippen LogP) is 2.78. The van der Waals surface area contributed by atoms with Gasteiger partial charge >= 0.3 is 0 Å². The molecule has 1 aliphatic heterocycles. The maximum absolute atomic E-state index is 9.24. The molecule has 25 heavy (non-hydrogen) atoms. The van der Waals surface area contributed by atoms with Crippen molar-refractivity contribution in [3.05, 3.63) is 70.8 Å². The lowest BCUT2D eigenvalue weighted by Crippen LogP contribution is -2.59. The fraction of sp³-hybridized carbons (Fsp3) is 0.455. The van der Waals surface area contributed by atoms with Gasteiger partial charge in [0, 0.05) is 38.6 Å². The van der Waals surface area contributed by atoms with Crippen molar-refractivity contribution >= 4 is 0 Å². The maximum atomic E-state index is 9.24. The van der Waals surface area contributed by atoms with Crippen LogP contribution in [-0.2, 0) is 5.54 Å². The topological polar surface area (TPSA) is 26.7 Å². The Morgan fingerprint density at radius 2 is 1.48 bits per heavy atom. The Hall–Kier alpha value is -1.68. The van der Waals surface area contributed by atoms with Crippen LogP contribution in [-0.4, -0.2) is 54.2 Å². The zero-order valence-electron chi connectivity index (χ0n) is 14.7. The van der Waals surface area contributed by atoms with Gasteiger partial charge in [-0.25, -0.2) is 0 Å². The van der Waals surface area contributed by atoms with Crippen molar-refractivity contribution in [2.45, 2.75) is 24.3 Å². The number of piperazine rings is 1. The highest BCUT2D eigenvalue weighted by atomic mass is 16.3. The molecule has 0 aromatic heterocycles. The summed E-state index contributed by atoms with van der Waals surface area (Å²) in [4.78, 5) is 5.12. The third kappa shape index (κ3) is 2.16. The van der Waals surface area contributed by atoms with E-state index in [1.165, 1.54) is 12.8 Å². The second-order valence-corrected chi connectivity index (χ2v) is 7.68. The summed E-state index contributed by atoms with van der Waals surface area (Å²) in [7, 11) is 0. The van der Waals surface area contributed by atoms with E-state index in [9.17, 15) is 5.11 Å². The number of aliphatic hydroxyl groups is 1. The molecule has 1 heterocycles. The molecule has 1 N–H and O–H groups in total. The van der Waals surface area contributed by atoms with E-state index in [-0.39, 0.29) is 12.1 Å². The van der Waals surface area contributed by atoms with Crippen LogP contribution in [0.3, 0.4) is 0 Å². The average Bonchev–Trinajstić information content (AvgIpc) is 2.69. The summed E-state index contributed by atoms with van der Waals surface area (Å²) in [6.07, 6.45) is 2.48. The molecule has 0 atom stereocenters.